The third-order valence-electron chi connectivity index (χ3n) is 2.23. The molecule has 1 aliphatic rings. The average Bonchev–Trinajstić information content (AvgIpc) is 2.05. The van der Waals surface area contributed by atoms with E-state index < -0.39 is 7.60 Å². The van der Waals surface area contributed by atoms with Crippen LogP contribution in [0.25, 0.3) is 0 Å². The standard InChI is InChI=1S/C8H16BrO3P/c1-3-11-13(10)5-4-8(6-12-13)7(2)9/h7-8H,3-6H2,1-2H3. The van der Waals surface area contributed by atoms with Gasteiger partial charge in [0, 0.05) is 4.83 Å². The van der Waals surface area contributed by atoms with Crippen molar-refractivity contribution in [3.05, 3.63) is 0 Å². The second kappa shape index (κ2) is 4.92. The molecular weight excluding hydrogens is 255 g/mol. The highest BCUT2D eigenvalue weighted by Gasteiger charge is 2.33. The van der Waals surface area contributed by atoms with Crippen molar-refractivity contribution in [3.63, 3.8) is 0 Å². The monoisotopic (exact) mass is 270 g/mol. The fraction of sp³-hybridized carbons (Fsp3) is 1.00. The molecule has 0 radical (unpaired) electrons. The summed E-state index contributed by atoms with van der Waals surface area (Å²) in [6.07, 6.45) is 1.48. The van der Waals surface area contributed by atoms with Crippen LogP contribution < -0.4 is 0 Å². The first kappa shape index (κ1) is 11.7. The van der Waals surface area contributed by atoms with E-state index in [1.807, 2.05) is 6.92 Å². The lowest BCUT2D eigenvalue weighted by Crippen LogP contribution is -2.24. The summed E-state index contributed by atoms with van der Waals surface area (Å²) in [6, 6.07) is 0. The Hall–Kier alpha value is 0.630. The Morgan fingerprint density at radius 2 is 2.46 bits per heavy atom. The van der Waals surface area contributed by atoms with Gasteiger partial charge in [0.05, 0.1) is 19.4 Å². The fourth-order valence-corrected chi connectivity index (χ4v) is 3.55. The van der Waals surface area contributed by atoms with Gasteiger partial charge in [0.2, 0.25) is 0 Å². The number of hydrogen-bond donors (Lipinski definition) is 0. The van der Waals surface area contributed by atoms with Gasteiger partial charge in [-0.1, -0.05) is 22.9 Å². The molecule has 1 heterocycles. The van der Waals surface area contributed by atoms with E-state index >= 15 is 0 Å². The van der Waals surface area contributed by atoms with E-state index in [-0.39, 0.29) is 0 Å². The molecule has 0 bridgehead atoms. The molecule has 0 amide bonds. The van der Waals surface area contributed by atoms with Gasteiger partial charge < -0.3 is 9.05 Å². The summed E-state index contributed by atoms with van der Waals surface area (Å²) in [5, 5.41) is 0. The first-order valence-corrected chi connectivity index (χ1v) is 7.24. The van der Waals surface area contributed by atoms with Crippen LogP contribution in [-0.4, -0.2) is 24.2 Å². The first-order chi connectivity index (χ1) is 6.07. The van der Waals surface area contributed by atoms with Gasteiger partial charge in [0.25, 0.3) is 0 Å². The lowest BCUT2D eigenvalue weighted by atomic mass is 10.1. The fourth-order valence-electron chi connectivity index (χ4n) is 1.34. The van der Waals surface area contributed by atoms with Gasteiger partial charge in [-0.25, -0.2) is 0 Å². The molecule has 0 aromatic heterocycles. The van der Waals surface area contributed by atoms with Gasteiger partial charge in [0.1, 0.15) is 0 Å². The summed E-state index contributed by atoms with van der Waals surface area (Å²) in [5.74, 6) is 0.461. The summed E-state index contributed by atoms with van der Waals surface area (Å²) in [7, 11) is -2.71. The molecule has 3 atom stereocenters. The molecule has 1 aliphatic heterocycles. The van der Waals surface area contributed by atoms with Crippen LogP contribution in [0.5, 0.6) is 0 Å². The number of hydrogen-bond acceptors (Lipinski definition) is 3. The van der Waals surface area contributed by atoms with Crippen molar-refractivity contribution >= 4 is 23.5 Å². The quantitative estimate of drug-likeness (QED) is 0.584. The molecule has 1 saturated heterocycles. The number of alkyl halides is 1. The van der Waals surface area contributed by atoms with E-state index in [1.54, 1.807) is 0 Å². The Kier molecular flexibility index (Phi) is 4.43. The summed E-state index contributed by atoms with van der Waals surface area (Å²) in [5.41, 5.74) is 0. The van der Waals surface area contributed by atoms with E-state index in [2.05, 4.69) is 22.9 Å². The van der Waals surface area contributed by atoms with Crippen LogP contribution in [0.2, 0.25) is 0 Å². The Balaban J connectivity index is 2.42. The lowest BCUT2D eigenvalue weighted by Gasteiger charge is -2.29. The third-order valence-corrected chi connectivity index (χ3v) is 4.98. The summed E-state index contributed by atoms with van der Waals surface area (Å²) in [6.45, 7) is 4.93. The molecule has 3 nitrogen and oxygen atoms in total. The Morgan fingerprint density at radius 1 is 1.77 bits per heavy atom. The van der Waals surface area contributed by atoms with Crippen molar-refractivity contribution in [2.75, 3.05) is 19.4 Å². The molecular formula is C8H16BrO3P. The average molecular weight is 271 g/mol. The highest BCUT2D eigenvalue weighted by Crippen LogP contribution is 2.53. The Morgan fingerprint density at radius 3 is 2.85 bits per heavy atom. The maximum atomic E-state index is 11.7. The van der Waals surface area contributed by atoms with Gasteiger partial charge in [0.15, 0.2) is 0 Å². The minimum atomic E-state index is -2.71. The van der Waals surface area contributed by atoms with Crippen LogP contribution in [0.15, 0.2) is 0 Å². The molecule has 1 rings (SSSR count). The Bertz CT molecular complexity index is 196. The van der Waals surface area contributed by atoms with Crippen LogP contribution in [-0.2, 0) is 13.6 Å². The maximum Gasteiger partial charge on any atom is 0.330 e. The second-order valence-corrected chi connectivity index (χ2v) is 6.90. The molecule has 13 heavy (non-hydrogen) atoms. The molecule has 0 aromatic rings. The smallest absolute Gasteiger partial charge is 0.309 e. The number of rotatable bonds is 3. The van der Waals surface area contributed by atoms with Gasteiger partial charge >= 0.3 is 7.60 Å². The molecule has 1 fully saturated rings. The third kappa shape index (κ3) is 3.35. The van der Waals surface area contributed by atoms with Gasteiger partial charge in [-0.15, -0.1) is 0 Å². The SMILES string of the molecule is CCOP1(=O)CCC(C(C)Br)CO1. The van der Waals surface area contributed by atoms with Crippen molar-refractivity contribution < 1.29 is 13.6 Å². The predicted molar refractivity (Wildman–Crippen MR) is 56.5 cm³/mol. The highest BCUT2D eigenvalue weighted by atomic mass is 79.9. The van der Waals surface area contributed by atoms with Gasteiger partial charge in [-0.2, -0.15) is 0 Å². The normalized spacial score (nSPS) is 37.3. The molecule has 3 unspecified atom stereocenters. The van der Waals surface area contributed by atoms with Crippen molar-refractivity contribution in [1.29, 1.82) is 0 Å². The summed E-state index contributed by atoms with van der Waals surface area (Å²) >= 11 is 3.50. The topological polar surface area (TPSA) is 35.5 Å². The minimum absolute atomic E-state index is 0.419. The number of halogens is 1. The van der Waals surface area contributed by atoms with Gasteiger partial charge in [-0.05, 0) is 19.3 Å². The zero-order valence-electron chi connectivity index (χ0n) is 8.03. The van der Waals surface area contributed by atoms with Crippen molar-refractivity contribution in [2.45, 2.75) is 25.1 Å². The van der Waals surface area contributed by atoms with Crippen molar-refractivity contribution in [2.24, 2.45) is 5.92 Å². The van der Waals surface area contributed by atoms with E-state index in [4.69, 9.17) is 9.05 Å². The maximum absolute atomic E-state index is 11.7. The van der Waals surface area contributed by atoms with E-state index in [0.717, 1.165) is 6.42 Å². The van der Waals surface area contributed by atoms with Crippen molar-refractivity contribution in [1.82, 2.24) is 0 Å². The van der Waals surface area contributed by atoms with Crippen LogP contribution in [0, 0.1) is 5.92 Å². The van der Waals surface area contributed by atoms with Crippen LogP contribution in [0.1, 0.15) is 20.3 Å². The van der Waals surface area contributed by atoms with E-state index in [9.17, 15) is 4.57 Å². The molecule has 0 spiro atoms. The Labute approximate surface area is 87.8 Å². The second-order valence-electron chi connectivity index (χ2n) is 3.27. The molecule has 0 aliphatic carbocycles. The molecule has 78 valence electrons. The summed E-state index contributed by atoms with van der Waals surface area (Å²) < 4.78 is 22.1. The molecule has 0 N–H and O–H groups in total. The zero-order chi connectivity index (χ0) is 9.90. The molecule has 0 aromatic carbocycles. The predicted octanol–water partition coefficient (Wildman–Crippen LogP) is 3.04. The zero-order valence-corrected chi connectivity index (χ0v) is 10.5. The first-order valence-electron chi connectivity index (χ1n) is 4.59. The highest BCUT2D eigenvalue weighted by molar-refractivity contribution is 9.09. The van der Waals surface area contributed by atoms with Gasteiger partial charge in [-0.3, -0.25) is 4.57 Å². The van der Waals surface area contributed by atoms with E-state index in [0.29, 0.717) is 30.1 Å². The summed E-state index contributed by atoms with van der Waals surface area (Å²) in [4.78, 5) is 0.419. The van der Waals surface area contributed by atoms with Crippen LogP contribution in [0.3, 0.4) is 0 Å². The molecule has 5 heteroatoms. The molecule has 0 saturated carbocycles. The largest absolute Gasteiger partial charge is 0.330 e. The van der Waals surface area contributed by atoms with E-state index in [1.165, 1.54) is 0 Å². The van der Waals surface area contributed by atoms with Crippen LogP contribution in [0.4, 0.5) is 0 Å². The van der Waals surface area contributed by atoms with Crippen LogP contribution >= 0.6 is 23.5 Å². The minimum Gasteiger partial charge on any atom is -0.309 e. The lowest BCUT2D eigenvalue weighted by molar-refractivity contribution is 0.160. The van der Waals surface area contributed by atoms with Crippen molar-refractivity contribution in [3.8, 4) is 0 Å².